The quantitative estimate of drug-likeness (QED) is 0.479. The summed E-state index contributed by atoms with van der Waals surface area (Å²) in [6.45, 7) is 3.04. The number of methoxy groups -OCH3 is 1. The Morgan fingerprint density at radius 2 is 1.84 bits per heavy atom. The second kappa shape index (κ2) is 10.1. The summed E-state index contributed by atoms with van der Waals surface area (Å²) in [5.41, 5.74) is 5.40. The number of benzene rings is 2. The van der Waals surface area contributed by atoms with Gasteiger partial charge in [-0.3, -0.25) is 9.89 Å². The first kappa shape index (κ1) is 24.4. The number of hydrogen-bond acceptors (Lipinski definition) is 7. The number of esters is 1. The fourth-order valence-electron chi connectivity index (χ4n) is 6.10. The van der Waals surface area contributed by atoms with E-state index in [2.05, 4.69) is 15.5 Å². The minimum absolute atomic E-state index is 0.0176. The number of allylic oxidation sites excluding steroid dienone is 3. The van der Waals surface area contributed by atoms with Gasteiger partial charge in [-0.25, -0.2) is 4.79 Å². The third-order valence-corrected chi connectivity index (χ3v) is 7.90. The van der Waals surface area contributed by atoms with Crippen LogP contribution in [0.15, 0.2) is 71.2 Å². The average molecular weight is 514 g/mol. The lowest BCUT2D eigenvalue weighted by Gasteiger charge is -2.37. The van der Waals surface area contributed by atoms with Crippen molar-refractivity contribution in [2.45, 2.75) is 50.5 Å². The highest BCUT2D eigenvalue weighted by atomic mass is 16.6. The number of carbonyl (C=O) groups is 2. The minimum atomic E-state index is -0.550. The molecule has 38 heavy (non-hydrogen) atoms. The number of ketones is 1. The van der Waals surface area contributed by atoms with Crippen molar-refractivity contribution >= 4 is 22.7 Å². The Morgan fingerprint density at radius 3 is 2.66 bits per heavy atom. The van der Waals surface area contributed by atoms with Gasteiger partial charge in [0.2, 0.25) is 0 Å². The van der Waals surface area contributed by atoms with Gasteiger partial charge in [0.25, 0.3) is 0 Å². The van der Waals surface area contributed by atoms with Crippen LogP contribution >= 0.6 is 0 Å². The number of dihydropyridines is 1. The van der Waals surface area contributed by atoms with E-state index in [0.29, 0.717) is 55.7 Å². The number of nitrogens with one attached hydrogen (secondary N) is 2. The van der Waals surface area contributed by atoms with E-state index in [4.69, 9.17) is 14.2 Å². The molecule has 0 bridgehead atoms. The van der Waals surface area contributed by atoms with Crippen LogP contribution in [0.5, 0.6) is 5.75 Å². The molecule has 0 saturated carbocycles. The first-order chi connectivity index (χ1) is 18.5. The number of nitrogens with zero attached hydrogens (tertiary/aromatic N) is 1. The second-order valence-corrected chi connectivity index (χ2v) is 10.2. The molecular formula is C30H31N3O5. The fourth-order valence-corrected chi connectivity index (χ4v) is 6.10. The van der Waals surface area contributed by atoms with Crippen LogP contribution in [-0.2, 0) is 19.1 Å². The van der Waals surface area contributed by atoms with E-state index < -0.39 is 11.9 Å². The molecule has 1 saturated heterocycles. The van der Waals surface area contributed by atoms with Crippen LogP contribution < -0.4 is 10.1 Å². The van der Waals surface area contributed by atoms with E-state index >= 15 is 0 Å². The Hall–Kier alpha value is -3.91. The number of aromatic amines is 1. The Balaban J connectivity index is 1.44. The Bertz CT molecular complexity index is 1460. The van der Waals surface area contributed by atoms with E-state index in [1.165, 1.54) is 0 Å². The summed E-state index contributed by atoms with van der Waals surface area (Å²) in [5.74, 6) is -0.176. The molecule has 0 spiro atoms. The highest BCUT2D eigenvalue weighted by molar-refractivity contribution is 6.05. The van der Waals surface area contributed by atoms with E-state index in [9.17, 15) is 9.59 Å². The number of ether oxygens (including phenoxy) is 3. The molecular weight excluding hydrogens is 482 g/mol. The van der Waals surface area contributed by atoms with E-state index in [0.717, 1.165) is 33.5 Å². The molecule has 8 nitrogen and oxygen atoms in total. The lowest BCUT2D eigenvalue weighted by atomic mass is 9.71. The van der Waals surface area contributed by atoms with Gasteiger partial charge in [-0.2, -0.15) is 5.10 Å². The zero-order valence-corrected chi connectivity index (χ0v) is 21.6. The zero-order chi connectivity index (χ0) is 26.2. The maximum atomic E-state index is 14.0. The summed E-state index contributed by atoms with van der Waals surface area (Å²) in [4.78, 5) is 27.7. The predicted molar refractivity (Wildman–Crippen MR) is 142 cm³/mol. The number of Topliss-reactive ketones (excluding diaryl/α,β-unsaturated/α-hetero) is 1. The molecule has 1 aliphatic carbocycles. The third kappa shape index (κ3) is 4.28. The predicted octanol–water partition coefficient (Wildman–Crippen LogP) is 4.66. The van der Waals surface area contributed by atoms with Crippen molar-refractivity contribution in [1.29, 1.82) is 0 Å². The summed E-state index contributed by atoms with van der Waals surface area (Å²) in [5, 5.41) is 11.6. The molecule has 2 atom stereocenters. The molecule has 1 aromatic heterocycles. The van der Waals surface area contributed by atoms with Gasteiger partial charge in [0, 0.05) is 53.5 Å². The Labute approximate surface area is 221 Å². The molecule has 3 aromatic rings. The summed E-state index contributed by atoms with van der Waals surface area (Å²) >= 11 is 0. The van der Waals surface area contributed by atoms with Crippen LogP contribution in [0.25, 0.3) is 10.9 Å². The molecule has 8 heteroatoms. The van der Waals surface area contributed by atoms with Crippen molar-refractivity contribution < 1.29 is 23.8 Å². The van der Waals surface area contributed by atoms with Gasteiger partial charge in [0.15, 0.2) is 5.78 Å². The highest BCUT2D eigenvalue weighted by Crippen LogP contribution is 2.48. The van der Waals surface area contributed by atoms with Crippen LogP contribution in [0.4, 0.5) is 0 Å². The number of H-pyrrole nitrogens is 1. The van der Waals surface area contributed by atoms with Gasteiger partial charge in [-0.05, 0) is 36.6 Å². The number of hydrogen-bond donors (Lipinski definition) is 2. The Morgan fingerprint density at radius 1 is 1.05 bits per heavy atom. The van der Waals surface area contributed by atoms with E-state index in [1.807, 2.05) is 49.4 Å². The number of carbonyl (C=O) groups excluding carboxylic acids is 2. The highest BCUT2D eigenvalue weighted by Gasteiger charge is 2.43. The maximum absolute atomic E-state index is 14.0. The van der Waals surface area contributed by atoms with Crippen molar-refractivity contribution in [1.82, 2.24) is 15.5 Å². The summed E-state index contributed by atoms with van der Waals surface area (Å²) in [6, 6.07) is 13.7. The van der Waals surface area contributed by atoms with Crippen molar-refractivity contribution in [3.05, 3.63) is 82.3 Å². The van der Waals surface area contributed by atoms with Crippen LogP contribution in [0.1, 0.15) is 55.6 Å². The topological polar surface area (TPSA) is 103 Å². The molecule has 0 radical (unpaired) electrons. The van der Waals surface area contributed by atoms with Gasteiger partial charge in [0.1, 0.15) is 11.9 Å². The number of para-hydroxylation sites is 1. The monoisotopic (exact) mass is 513 g/mol. The summed E-state index contributed by atoms with van der Waals surface area (Å²) in [7, 11) is 1.65. The molecule has 1 fully saturated rings. The van der Waals surface area contributed by atoms with Crippen LogP contribution in [-0.4, -0.2) is 48.4 Å². The first-order valence-corrected chi connectivity index (χ1v) is 13.1. The Kier molecular flexibility index (Phi) is 6.49. The molecule has 2 aliphatic heterocycles. The molecule has 6 rings (SSSR count). The van der Waals surface area contributed by atoms with Crippen LogP contribution in [0.3, 0.4) is 0 Å². The second-order valence-electron chi connectivity index (χ2n) is 10.2. The van der Waals surface area contributed by atoms with Gasteiger partial charge in [-0.1, -0.05) is 30.3 Å². The summed E-state index contributed by atoms with van der Waals surface area (Å²) < 4.78 is 17.0. The smallest absolute Gasteiger partial charge is 0.337 e. The normalized spacial score (nSPS) is 22.3. The molecule has 3 aliphatic rings. The van der Waals surface area contributed by atoms with Gasteiger partial charge in [-0.15, -0.1) is 0 Å². The minimum Gasteiger partial charge on any atom is -0.496 e. The van der Waals surface area contributed by atoms with Crippen molar-refractivity contribution in [2.24, 2.45) is 0 Å². The molecule has 2 unspecified atom stereocenters. The van der Waals surface area contributed by atoms with Crippen LogP contribution in [0.2, 0.25) is 0 Å². The largest absolute Gasteiger partial charge is 0.496 e. The van der Waals surface area contributed by atoms with Gasteiger partial charge < -0.3 is 19.5 Å². The average Bonchev–Trinajstić information content (AvgIpc) is 3.42. The molecule has 2 aromatic carbocycles. The summed E-state index contributed by atoms with van der Waals surface area (Å²) in [6.07, 6.45) is 3.87. The SMILES string of the molecule is COc1ccccc1C1CC(=O)C2=C(C1)NC(C)=C(C(=O)OC1CCOCC1)C2c1cccc2[nH]ncc12. The number of fused-ring (bicyclic) bond motifs is 1. The van der Waals surface area contributed by atoms with Crippen LogP contribution in [0, 0.1) is 0 Å². The number of aromatic nitrogens is 2. The molecule has 196 valence electrons. The third-order valence-electron chi connectivity index (χ3n) is 7.90. The zero-order valence-electron chi connectivity index (χ0n) is 21.6. The number of rotatable bonds is 5. The van der Waals surface area contributed by atoms with E-state index in [1.54, 1.807) is 13.3 Å². The maximum Gasteiger partial charge on any atom is 0.337 e. The first-order valence-electron chi connectivity index (χ1n) is 13.1. The molecule has 3 heterocycles. The van der Waals surface area contributed by atoms with Crippen molar-refractivity contribution in [2.75, 3.05) is 20.3 Å². The van der Waals surface area contributed by atoms with Crippen molar-refractivity contribution in [3.63, 3.8) is 0 Å². The standard InChI is InChI=1S/C30H31N3O5/c1-17-27(30(35)38-19-10-12-37-13-11-19)28(21-7-5-8-23-22(21)16-31-33-23)29-24(32-17)14-18(15-25(29)34)20-6-3-4-9-26(20)36-2/h3-9,16,18-19,28,32H,10-15H2,1-2H3,(H,31,33). The van der Waals surface area contributed by atoms with Crippen molar-refractivity contribution in [3.8, 4) is 5.75 Å². The molecule has 0 amide bonds. The van der Waals surface area contributed by atoms with E-state index in [-0.39, 0.29) is 17.8 Å². The molecule has 2 N–H and O–H groups in total. The lowest BCUT2D eigenvalue weighted by Crippen LogP contribution is -2.37. The lowest BCUT2D eigenvalue weighted by molar-refractivity contribution is -0.148. The fraction of sp³-hybridized carbons (Fsp3) is 0.367. The van der Waals surface area contributed by atoms with Gasteiger partial charge >= 0.3 is 5.97 Å². The van der Waals surface area contributed by atoms with Gasteiger partial charge in [0.05, 0.1) is 37.6 Å².